The van der Waals surface area contributed by atoms with Gasteiger partial charge in [0.05, 0.1) is 43.9 Å². The van der Waals surface area contributed by atoms with Crippen LogP contribution in [-0.4, -0.2) is 73.6 Å². The van der Waals surface area contributed by atoms with E-state index in [-0.39, 0.29) is 6.10 Å². The second-order valence-corrected chi connectivity index (χ2v) is 7.42. The average molecular weight is 408 g/mol. The summed E-state index contributed by atoms with van der Waals surface area (Å²) in [5.41, 5.74) is 0.729. The predicted molar refractivity (Wildman–Crippen MR) is 106 cm³/mol. The van der Waals surface area contributed by atoms with Gasteiger partial charge in [0.1, 0.15) is 29.1 Å². The van der Waals surface area contributed by atoms with Crippen LogP contribution in [0.15, 0.2) is 18.5 Å². The minimum atomic E-state index is 0.102. The summed E-state index contributed by atoms with van der Waals surface area (Å²) in [7, 11) is 0. The molecule has 0 atom stereocenters. The van der Waals surface area contributed by atoms with Crippen molar-refractivity contribution in [2.24, 2.45) is 0 Å². The maximum Gasteiger partial charge on any atom is 0.144 e. The van der Waals surface area contributed by atoms with Crippen molar-refractivity contribution in [3.05, 3.63) is 23.6 Å². The molecule has 28 heavy (non-hydrogen) atoms. The lowest BCUT2D eigenvalue weighted by Crippen LogP contribution is -2.37. The SMILES string of the molecule is Clc1ncnc2cc(OCCCN3CCOCC3)cc(OC3CCOCC3)c12. The van der Waals surface area contributed by atoms with Gasteiger partial charge in [0.2, 0.25) is 0 Å². The van der Waals surface area contributed by atoms with Crippen LogP contribution in [0, 0.1) is 0 Å². The smallest absolute Gasteiger partial charge is 0.144 e. The molecule has 1 aromatic heterocycles. The molecule has 2 aliphatic rings. The molecule has 4 rings (SSSR count). The van der Waals surface area contributed by atoms with Gasteiger partial charge in [-0.05, 0) is 6.42 Å². The zero-order valence-corrected chi connectivity index (χ0v) is 16.7. The molecule has 7 nitrogen and oxygen atoms in total. The number of aromatic nitrogens is 2. The monoisotopic (exact) mass is 407 g/mol. The predicted octanol–water partition coefficient (Wildman–Crippen LogP) is 2.94. The number of benzene rings is 1. The summed E-state index contributed by atoms with van der Waals surface area (Å²) in [6.07, 6.45) is 4.24. The minimum absolute atomic E-state index is 0.102. The summed E-state index contributed by atoms with van der Waals surface area (Å²) < 4.78 is 23.1. The highest BCUT2D eigenvalue weighted by atomic mass is 35.5. The van der Waals surface area contributed by atoms with Crippen molar-refractivity contribution in [2.75, 3.05) is 52.7 Å². The summed E-state index contributed by atoms with van der Waals surface area (Å²) >= 11 is 6.33. The maximum atomic E-state index is 6.33. The Kier molecular flexibility index (Phi) is 6.80. The molecule has 2 saturated heterocycles. The van der Waals surface area contributed by atoms with Crippen LogP contribution in [0.25, 0.3) is 10.9 Å². The van der Waals surface area contributed by atoms with Crippen molar-refractivity contribution in [1.29, 1.82) is 0 Å². The number of halogens is 1. The van der Waals surface area contributed by atoms with Gasteiger partial charge in [0, 0.05) is 44.6 Å². The second kappa shape index (κ2) is 9.69. The van der Waals surface area contributed by atoms with E-state index in [1.165, 1.54) is 6.33 Å². The molecule has 8 heteroatoms. The minimum Gasteiger partial charge on any atom is -0.493 e. The van der Waals surface area contributed by atoms with Gasteiger partial charge >= 0.3 is 0 Å². The van der Waals surface area contributed by atoms with Crippen molar-refractivity contribution in [2.45, 2.75) is 25.4 Å². The van der Waals surface area contributed by atoms with Crippen molar-refractivity contribution in [1.82, 2.24) is 14.9 Å². The molecule has 152 valence electrons. The second-order valence-electron chi connectivity index (χ2n) is 7.07. The molecule has 0 bridgehead atoms. The van der Waals surface area contributed by atoms with Crippen molar-refractivity contribution < 1.29 is 18.9 Å². The van der Waals surface area contributed by atoms with E-state index in [4.69, 9.17) is 30.5 Å². The van der Waals surface area contributed by atoms with Crippen LogP contribution >= 0.6 is 11.6 Å². The Balaban J connectivity index is 1.43. The van der Waals surface area contributed by atoms with Crippen molar-refractivity contribution in [3.63, 3.8) is 0 Å². The van der Waals surface area contributed by atoms with E-state index >= 15 is 0 Å². The van der Waals surface area contributed by atoms with Gasteiger partial charge in [-0.1, -0.05) is 11.6 Å². The molecule has 0 N–H and O–H groups in total. The van der Waals surface area contributed by atoms with E-state index < -0.39 is 0 Å². The summed E-state index contributed by atoms with van der Waals surface area (Å²) in [6.45, 7) is 6.70. The van der Waals surface area contributed by atoms with E-state index in [2.05, 4.69) is 14.9 Å². The van der Waals surface area contributed by atoms with Crippen LogP contribution in [0.3, 0.4) is 0 Å². The highest BCUT2D eigenvalue weighted by Crippen LogP contribution is 2.35. The lowest BCUT2D eigenvalue weighted by molar-refractivity contribution is 0.0260. The Morgan fingerprint density at radius 2 is 1.86 bits per heavy atom. The molecule has 3 heterocycles. The van der Waals surface area contributed by atoms with Gasteiger partial charge in [-0.2, -0.15) is 0 Å². The number of fused-ring (bicyclic) bond motifs is 1. The van der Waals surface area contributed by atoms with E-state index in [1.54, 1.807) is 0 Å². The fraction of sp³-hybridized carbons (Fsp3) is 0.600. The van der Waals surface area contributed by atoms with Gasteiger partial charge in [0.15, 0.2) is 0 Å². The van der Waals surface area contributed by atoms with Gasteiger partial charge in [-0.25, -0.2) is 9.97 Å². The average Bonchev–Trinajstić information content (AvgIpc) is 2.73. The molecule has 0 aliphatic carbocycles. The van der Waals surface area contributed by atoms with Crippen molar-refractivity contribution in [3.8, 4) is 11.5 Å². The third-order valence-electron chi connectivity index (χ3n) is 5.08. The quantitative estimate of drug-likeness (QED) is 0.516. The third kappa shape index (κ3) is 5.03. The number of hydrogen-bond donors (Lipinski definition) is 0. The molecule has 0 saturated carbocycles. The number of morpholine rings is 1. The maximum absolute atomic E-state index is 6.33. The van der Waals surface area contributed by atoms with Gasteiger partial charge < -0.3 is 18.9 Å². The van der Waals surface area contributed by atoms with Crippen molar-refractivity contribution >= 4 is 22.5 Å². The Bertz CT molecular complexity index is 779. The first-order chi connectivity index (χ1) is 13.8. The Hall–Kier alpha value is -1.67. The van der Waals surface area contributed by atoms with Crippen LogP contribution in [0.1, 0.15) is 19.3 Å². The first-order valence-electron chi connectivity index (χ1n) is 9.91. The molecule has 2 fully saturated rings. The fourth-order valence-electron chi connectivity index (χ4n) is 3.54. The summed E-state index contributed by atoms with van der Waals surface area (Å²) in [6, 6.07) is 3.80. The molecule has 0 spiro atoms. The molecule has 0 unspecified atom stereocenters. The zero-order valence-electron chi connectivity index (χ0n) is 15.9. The number of ether oxygens (including phenoxy) is 4. The lowest BCUT2D eigenvalue weighted by atomic mass is 10.1. The van der Waals surface area contributed by atoms with E-state index in [0.717, 1.165) is 68.8 Å². The van der Waals surface area contributed by atoms with E-state index in [0.29, 0.717) is 30.7 Å². The molecular formula is C20H26ClN3O4. The molecule has 2 aromatic rings. The van der Waals surface area contributed by atoms with Crippen LogP contribution in [-0.2, 0) is 9.47 Å². The van der Waals surface area contributed by atoms with Gasteiger partial charge in [-0.15, -0.1) is 0 Å². The highest BCUT2D eigenvalue weighted by Gasteiger charge is 2.19. The zero-order chi connectivity index (χ0) is 19.2. The number of hydrogen-bond acceptors (Lipinski definition) is 7. The topological polar surface area (TPSA) is 65.9 Å². The van der Waals surface area contributed by atoms with Crippen LogP contribution in [0.2, 0.25) is 5.15 Å². The highest BCUT2D eigenvalue weighted by molar-refractivity contribution is 6.34. The Morgan fingerprint density at radius 3 is 2.68 bits per heavy atom. The summed E-state index contributed by atoms with van der Waals surface area (Å²) in [4.78, 5) is 10.9. The Morgan fingerprint density at radius 1 is 1.07 bits per heavy atom. The molecule has 1 aromatic carbocycles. The van der Waals surface area contributed by atoms with Crippen LogP contribution in [0.5, 0.6) is 11.5 Å². The van der Waals surface area contributed by atoms with Crippen LogP contribution in [0.4, 0.5) is 0 Å². The van der Waals surface area contributed by atoms with Crippen LogP contribution < -0.4 is 9.47 Å². The molecule has 0 amide bonds. The summed E-state index contributed by atoms with van der Waals surface area (Å²) in [5, 5.41) is 1.13. The molecule has 0 radical (unpaired) electrons. The summed E-state index contributed by atoms with van der Waals surface area (Å²) in [5.74, 6) is 1.42. The standard InChI is InChI=1S/C20H26ClN3O4/c21-20-19-17(22-14-23-20)12-16(13-18(19)28-15-2-8-25-9-3-15)27-7-1-4-24-5-10-26-11-6-24/h12-15H,1-11H2. The van der Waals surface area contributed by atoms with Gasteiger partial charge in [0.25, 0.3) is 0 Å². The Labute approximate surface area is 169 Å². The number of rotatable bonds is 7. The first kappa shape index (κ1) is 19.6. The largest absolute Gasteiger partial charge is 0.493 e. The third-order valence-corrected chi connectivity index (χ3v) is 5.37. The molecular weight excluding hydrogens is 382 g/mol. The van der Waals surface area contributed by atoms with E-state index in [9.17, 15) is 0 Å². The fourth-order valence-corrected chi connectivity index (χ4v) is 3.78. The molecule has 2 aliphatic heterocycles. The van der Waals surface area contributed by atoms with Gasteiger partial charge in [-0.3, -0.25) is 4.90 Å². The number of nitrogens with zero attached hydrogens (tertiary/aromatic N) is 3. The van der Waals surface area contributed by atoms with E-state index in [1.807, 2.05) is 12.1 Å². The first-order valence-corrected chi connectivity index (χ1v) is 10.3. The lowest BCUT2D eigenvalue weighted by Gasteiger charge is -2.26. The normalized spacial score (nSPS) is 19.0.